The molecule has 0 amide bonds. The third kappa shape index (κ3) is 5.66. The molecule has 1 saturated heterocycles. The number of piperazine rings is 1. The first-order valence-electron chi connectivity index (χ1n) is 10.5. The van der Waals surface area contributed by atoms with Crippen LogP contribution in [0.25, 0.3) is 0 Å². The highest BCUT2D eigenvalue weighted by molar-refractivity contribution is 7.97. The van der Waals surface area contributed by atoms with E-state index in [1.165, 1.54) is 5.69 Å². The van der Waals surface area contributed by atoms with E-state index < -0.39 is 0 Å². The van der Waals surface area contributed by atoms with Crippen LogP contribution < -0.4 is 20.3 Å². The lowest BCUT2D eigenvalue weighted by Crippen LogP contribution is -2.44. The van der Waals surface area contributed by atoms with Crippen molar-refractivity contribution in [3.05, 3.63) is 60.3 Å². The summed E-state index contributed by atoms with van der Waals surface area (Å²) in [5, 5.41) is 6.73. The summed E-state index contributed by atoms with van der Waals surface area (Å²) in [6.45, 7) is 6.33. The Morgan fingerprint density at radius 3 is 2.45 bits per heavy atom. The SMILES string of the molecule is CNSc1cccc(Nc2nc(Nc3ccc(N4CCN(C)CC4)cc3)ncc2C)c1. The molecule has 0 radical (unpaired) electrons. The smallest absolute Gasteiger partial charge is 0.229 e. The first-order valence-corrected chi connectivity index (χ1v) is 11.3. The number of aromatic nitrogens is 2. The minimum atomic E-state index is 0.571. The molecule has 2 heterocycles. The van der Waals surface area contributed by atoms with Gasteiger partial charge in [0.2, 0.25) is 5.95 Å². The third-order valence-electron chi connectivity index (χ3n) is 5.28. The van der Waals surface area contributed by atoms with Gasteiger partial charge in [-0.25, -0.2) is 4.98 Å². The highest BCUT2D eigenvalue weighted by Gasteiger charge is 2.14. The standard InChI is InChI=1S/C23H29N7S/c1-17-16-25-23(28-22(17)26-19-5-4-6-21(15-19)31-24-2)27-18-7-9-20(10-8-18)30-13-11-29(3)12-14-30/h4-10,15-16,24H,11-14H2,1-3H3,(H2,25,26,27,28). The number of benzene rings is 2. The zero-order valence-electron chi connectivity index (χ0n) is 18.2. The fourth-order valence-electron chi connectivity index (χ4n) is 3.47. The summed E-state index contributed by atoms with van der Waals surface area (Å²) in [5.41, 5.74) is 4.21. The Hall–Kier alpha value is -2.81. The summed E-state index contributed by atoms with van der Waals surface area (Å²) in [5.74, 6) is 1.36. The van der Waals surface area contributed by atoms with E-state index in [-0.39, 0.29) is 0 Å². The van der Waals surface area contributed by atoms with Gasteiger partial charge in [0.25, 0.3) is 0 Å². The lowest BCUT2D eigenvalue weighted by Gasteiger charge is -2.34. The molecule has 1 aliphatic rings. The second-order valence-corrected chi connectivity index (χ2v) is 8.73. The molecule has 1 aliphatic heterocycles. The van der Waals surface area contributed by atoms with Gasteiger partial charge in [-0.15, -0.1) is 0 Å². The van der Waals surface area contributed by atoms with E-state index in [0.717, 1.165) is 53.8 Å². The molecule has 0 aliphatic carbocycles. The fraction of sp³-hybridized carbons (Fsp3) is 0.304. The maximum absolute atomic E-state index is 4.69. The molecule has 162 valence electrons. The van der Waals surface area contributed by atoms with E-state index in [1.807, 2.05) is 32.3 Å². The van der Waals surface area contributed by atoms with Crippen LogP contribution in [0.5, 0.6) is 0 Å². The summed E-state index contributed by atoms with van der Waals surface area (Å²) in [4.78, 5) is 15.1. The largest absolute Gasteiger partial charge is 0.369 e. The van der Waals surface area contributed by atoms with Crippen LogP contribution in [0.3, 0.4) is 0 Å². The van der Waals surface area contributed by atoms with Gasteiger partial charge in [-0.2, -0.15) is 4.98 Å². The van der Waals surface area contributed by atoms with Crippen molar-refractivity contribution in [2.45, 2.75) is 11.8 Å². The number of anilines is 5. The van der Waals surface area contributed by atoms with E-state index in [0.29, 0.717) is 5.95 Å². The van der Waals surface area contributed by atoms with Gasteiger partial charge in [-0.05, 0) is 75.4 Å². The van der Waals surface area contributed by atoms with E-state index in [9.17, 15) is 0 Å². The van der Waals surface area contributed by atoms with Crippen molar-refractivity contribution in [2.24, 2.45) is 0 Å². The number of hydrogen-bond donors (Lipinski definition) is 3. The molecule has 7 nitrogen and oxygen atoms in total. The predicted octanol–water partition coefficient (Wildman–Crippen LogP) is 4.25. The van der Waals surface area contributed by atoms with E-state index in [2.05, 4.69) is 78.6 Å². The van der Waals surface area contributed by atoms with Gasteiger partial charge >= 0.3 is 0 Å². The Kier molecular flexibility index (Phi) is 6.91. The summed E-state index contributed by atoms with van der Waals surface area (Å²) in [6.07, 6.45) is 1.84. The summed E-state index contributed by atoms with van der Waals surface area (Å²) in [7, 11) is 4.09. The Labute approximate surface area is 188 Å². The topological polar surface area (TPSA) is 68.4 Å². The Morgan fingerprint density at radius 1 is 0.935 bits per heavy atom. The average molecular weight is 436 g/mol. The fourth-order valence-corrected chi connectivity index (χ4v) is 4.04. The highest BCUT2D eigenvalue weighted by atomic mass is 32.2. The van der Waals surface area contributed by atoms with E-state index >= 15 is 0 Å². The molecule has 0 unspecified atom stereocenters. The first kappa shape index (κ1) is 21.4. The summed E-state index contributed by atoms with van der Waals surface area (Å²) >= 11 is 1.58. The van der Waals surface area contributed by atoms with Gasteiger partial charge in [0.15, 0.2) is 0 Å². The van der Waals surface area contributed by atoms with Crippen molar-refractivity contribution in [3.63, 3.8) is 0 Å². The Bertz CT molecular complexity index is 1000. The number of hydrogen-bond acceptors (Lipinski definition) is 8. The molecule has 3 aromatic rings. The molecule has 31 heavy (non-hydrogen) atoms. The second-order valence-electron chi connectivity index (χ2n) is 7.65. The molecule has 0 saturated carbocycles. The number of nitrogens with one attached hydrogen (secondary N) is 3. The molecule has 1 aromatic heterocycles. The monoisotopic (exact) mass is 435 g/mol. The van der Waals surface area contributed by atoms with Crippen molar-refractivity contribution in [3.8, 4) is 0 Å². The third-order valence-corrected chi connectivity index (χ3v) is 5.97. The molecule has 0 bridgehead atoms. The molecular formula is C23H29N7S. The number of rotatable bonds is 7. The van der Waals surface area contributed by atoms with Crippen LogP contribution in [-0.2, 0) is 0 Å². The number of aryl methyl sites for hydroxylation is 1. The van der Waals surface area contributed by atoms with Crippen molar-refractivity contribution < 1.29 is 0 Å². The molecule has 0 spiro atoms. The molecule has 8 heteroatoms. The summed E-state index contributed by atoms with van der Waals surface area (Å²) in [6, 6.07) is 16.7. The van der Waals surface area contributed by atoms with Crippen LogP contribution in [0.4, 0.5) is 28.8 Å². The van der Waals surface area contributed by atoms with Crippen molar-refractivity contribution >= 4 is 40.8 Å². The van der Waals surface area contributed by atoms with Gasteiger partial charge < -0.3 is 20.4 Å². The van der Waals surface area contributed by atoms with Gasteiger partial charge in [-0.3, -0.25) is 4.72 Å². The van der Waals surface area contributed by atoms with Gasteiger partial charge in [-0.1, -0.05) is 6.07 Å². The quantitative estimate of drug-likeness (QED) is 0.476. The molecule has 1 fully saturated rings. The van der Waals surface area contributed by atoms with Crippen molar-refractivity contribution in [1.82, 2.24) is 19.6 Å². The maximum atomic E-state index is 4.69. The van der Waals surface area contributed by atoms with Crippen molar-refractivity contribution in [1.29, 1.82) is 0 Å². The number of nitrogens with zero attached hydrogens (tertiary/aromatic N) is 4. The lowest BCUT2D eigenvalue weighted by molar-refractivity contribution is 0.313. The van der Waals surface area contributed by atoms with Crippen LogP contribution in [0.15, 0.2) is 59.6 Å². The average Bonchev–Trinajstić information content (AvgIpc) is 2.78. The zero-order chi connectivity index (χ0) is 21.6. The summed E-state index contributed by atoms with van der Waals surface area (Å²) < 4.78 is 3.10. The minimum Gasteiger partial charge on any atom is -0.369 e. The molecule has 2 aromatic carbocycles. The van der Waals surface area contributed by atoms with E-state index in [4.69, 9.17) is 0 Å². The molecule has 3 N–H and O–H groups in total. The second kappa shape index (κ2) is 10.00. The van der Waals surface area contributed by atoms with Crippen LogP contribution in [0.1, 0.15) is 5.56 Å². The zero-order valence-corrected chi connectivity index (χ0v) is 19.0. The molecule has 4 rings (SSSR count). The van der Waals surface area contributed by atoms with Gasteiger partial charge in [0, 0.05) is 59.9 Å². The number of likely N-dealkylation sites (N-methyl/N-ethyl adjacent to an activating group) is 1. The normalized spacial score (nSPS) is 14.5. The lowest BCUT2D eigenvalue weighted by atomic mass is 10.2. The van der Waals surface area contributed by atoms with Gasteiger partial charge in [0.05, 0.1) is 0 Å². The molecular weight excluding hydrogens is 406 g/mol. The van der Waals surface area contributed by atoms with Crippen LogP contribution in [0, 0.1) is 6.92 Å². The van der Waals surface area contributed by atoms with Crippen molar-refractivity contribution in [2.75, 3.05) is 55.8 Å². The Balaban J connectivity index is 1.44. The highest BCUT2D eigenvalue weighted by Crippen LogP contribution is 2.25. The first-order chi connectivity index (χ1) is 15.1. The van der Waals surface area contributed by atoms with E-state index in [1.54, 1.807) is 11.9 Å². The molecule has 0 atom stereocenters. The van der Waals surface area contributed by atoms with Crippen LogP contribution in [0.2, 0.25) is 0 Å². The van der Waals surface area contributed by atoms with Crippen LogP contribution >= 0.6 is 11.9 Å². The predicted molar refractivity (Wildman–Crippen MR) is 131 cm³/mol. The maximum Gasteiger partial charge on any atom is 0.229 e. The van der Waals surface area contributed by atoms with Crippen LogP contribution in [-0.4, -0.2) is 55.1 Å². The minimum absolute atomic E-state index is 0.571. The Morgan fingerprint density at radius 2 is 1.71 bits per heavy atom. The van der Waals surface area contributed by atoms with Gasteiger partial charge in [0.1, 0.15) is 5.82 Å².